The molecule has 0 saturated carbocycles. The molecule has 0 saturated heterocycles. The van der Waals surface area contributed by atoms with E-state index >= 15 is 0 Å². The van der Waals surface area contributed by atoms with E-state index in [1.54, 1.807) is 35.5 Å². The molecule has 3 rings (SSSR count). The van der Waals surface area contributed by atoms with E-state index in [-0.39, 0.29) is 5.56 Å². The Labute approximate surface area is 156 Å². The van der Waals surface area contributed by atoms with Crippen LogP contribution in [0.2, 0.25) is 5.02 Å². The molecule has 0 aliphatic heterocycles. The van der Waals surface area contributed by atoms with Crippen LogP contribution in [0.4, 0.5) is 0 Å². The Bertz CT molecular complexity index is 981. The van der Waals surface area contributed by atoms with E-state index in [0.717, 1.165) is 28.0 Å². The van der Waals surface area contributed by atoms with E-state index in [1.165, 1.54) is 5.56 Å². The summed E-state index contributed by atoms with van der Waals surface area (Å²) in [4.78, 5) is 12.5. The van der Waals surface area contributed by atoms with Crippen LogP contribution in [0, 0.1) is 0 Å². The number of aryl methyl sites for hydroxylation is 1. The highest BCUT2D eigenvalue weighted by atomic mass is 35.5. The zero-order valence-electron chi connectivity index (χ0n) is 14.5. The maximum Gasteiger partial charge on any atom is 0.258 e. The van der Waals surface area contributed by atoms with Gasteiger partial charge in [0.25, 0.3) is 5.56 Å². The van der Waals surface area contributed by atoms with Gasteiger partial charge in [0.15, 0.2) is 0 Å². The summed E-state index contributed by atoms with van der Waals surface area (Å²) in [7, 11) is 1.77. The van der Waals surface area contributed by atoms with Gasteiger partial charge in [0, 0.05) is 40.5 Å². The predicted octanol–water partition coefficient (Wildman–Crippen LogP) is 5.12. The molecule has 0 amide bonds. The fourth-order valence-electron chi connectivity index (χ4n) is 2.98. The number of pyridine rings is 1. The van der Waals surface area contributed by atoms with Crippen molar-refractivity contribution in [2.75, 3.05) is 12.9 Å². The van der Waals surface area contributed by atoms with Gasteiger partial charge < -0.3 is 9.30 Å². The highest BCUT2D eigenvalue weighted by molar-refractivity contribution is 7.97. The van der Waals surface area contributed by atoms with Crippen LogP contribution in [0.3, 0.4) is 0 Å². The number of fused-ring (bicyclic) bond motifs is 1. The van der Waals surface area contributed by atoms with Gasteiger partial charge in [-0.2, -0.15) is 11.8 Å². The van der Waals surface area contributed by atoms with Crippen LogP contribution in [0.15, 0.2) is 47.4 Å². The number of thioether (sulfide) groups is 1. The molecular weight excluding hydrogens is 354 g/mol. The van der Waals surface area contributed by atoms with Crippen molar-refractivity contribution in [3.8, 4) is 16.9 Å². The average Bonchev–Trinajstić information content (AvgIpc) is 2.60. The lowest BCUT2D eigenvalue weighted by molar-refractivity contribution is 0.341. The van der Waals surface area contributed by atoms with Gasteiger partial charge in [0.05, 0.1) is 6.61 Å². The van der Waals surface area contributed by atoms with Gasteiger partial charge in [-0.3, -0.25) is 4.79 Å². The standard InChI is InChI=1S/C20H20ClNO2S/c1-4-24-19-8-5-13(12-25-3)9-17(19)18-11-22(2)20(23)15-7-6-14(21)10-16(15)18/h5-11H,4,12H2,1-3H3. The monoisotopic (exact) mass is 373 g/mol. The van der Waals surface area contributed by atoms with Gasteiger partial charge in [-0.25, -0.2) is 0 Å². The average molecular weight is 374 g/mol. The van der Waals surface area contributed by atoms with E-state index in [4.69, 9.17) is 16.3 Å². The van der Waals surface area contributed by atoms with Crippen molar-refractivity contribution in [3.63, 3.8) is 0 Å². The second-order valence-corrected chi connectivity index (χ2v) is 7.15. The summed E-state index contributed by atoms with van der Waals surface area (Å²) < 4.78 is 7.46. The third-order valence-corrected chi connectivity index (χ3v) is 4.95. The first-order chi connectivity index (χ1) is 12.0. The molecule has 130 valence electrons. The highest BCUT2D eigenvalue weighted by Crippen LogP contribution is 2.36. The summed E-state index contributed by atoms with van der Waals surface area (Å²) >= 11 is 7.98. The third-order valence-electron chi connectivity index (χ3n) is 4.09. The van der Waals surface area contributed by atoms with E-state index in [1.807, 2.05) is 25.3 Å². The molecule has 0 aliphatic carbocycles. The predicted molar refractivity (Wildman–Crippen MR) is 108 cm³/mol. The molecule has 3 nitrogen and oxygen atoms in total. The first kappa shape index (κ1) is 17.9. The van der Waals surface area contributed by atoms with Crippen molar-refractivity contribution in [1.29, 1.82) is 0 Å². The number of aromatic nitrogens is 1. The first-order valence-corrected chi connectivity index (χ1v) is 9.86. The van der Waals surface area contributed by atoms with E-state index in [2.05, 4.69) is 18.4 Å². The van der Waals surface area contributed by atoms with Gasteiger partial charge in [-0.1, -0.05) is 17.7 Å². The lowest BCUT2D eigenvalue weighted by Crippen LogP contribution is -2.16. The Morgan fingerprint density at radius 2 is 1.92 bits per heavy atom. The number of ether oxygens (including phenoxy) is 1. The molecule has 1 aromatic heterocycles. The Hall–Kier alpha value is -1.91. The molecule has 0 radical (unpaired) electrons. The minimum Gasteiger partial charge on any atom is -0.493 e. The minimum absolute atomic E-state index is 0.0337. The number of halogens is 1. The van der Waals surface area contributed by atoms with E-state index in [0.29, 0.717) is 17.0 Å². The molecule has 5 heteroatoms. The Morgan fingerprint density at radius 1 is 1.12 bits per heavy atom. The summed E-state index contributed by atoms with van der Waals surface area (Å²) in [6, 6.07) is 11.6. The Balaban J connectivity index is 2.35. The summed E-state index contributed by atoms with van der Waals surface area (Å²) in [5.74, 6) is 1.73. The quantitative estimate of drug-likeness (QED) is 0.622. The molecule has 25 heavy (non-hydrogen) atoms. The van der Waals surface area contributed by atoms with Crippen molar-refractivity contribution in [2.24, 2.45) is 7.05 Å². The summed E-state index contributed by atoms with van der Waals surface area (Å²) in [5.41, 5.74) is 3.12. The smallest absolute Gasteiger partial charge is 0.258 e. The summed E-state index contributed by atoms with van der Waals surface area (Å²) in [6.45, 7) is 2.55. The van der Waals surface area contributed by atoms with Crippen LogP contribution in [-0.4, -0.2) is 17.4 Å². The minimum atomic E-state index is -0.0337. The lowest BCUT2D eigenvalue weighted by Gasteiger charge is -2.15. The van der Waals surface area contributed by atoms with Crippen LogP contribution in [0.5, 0.6) is 5.75 Å². The van der Waals surface area contributed by atoms with Crippen LogP contribution in [-0.2, 0) is 12.8 Å². The second-order valence-electron chi connectivity index (χ2n) is 5.85. The van der Waals surface area contributed by atoms with Crippen molar-refractivity contribution in [3.05, 3.63) is 63.5 Å². The lowest BCUT2D eigenvalue weighted by atomic mass is 9.98. The maximum absolute atomic E-state index is 12.5. The molecule has 3 aromatic rings. The molecule has 0 unspecified atom stereocenters. The van der Waals surface area contributed by atoms with Gasteiger partial charge in [0.1, 0.15) is 5.75 Å². The third kappa shape index (κ3) is 3.55. The molecule has 0 N–H and O–H groups in total. The topological polar surface area (TPSA) is 31.2 Å². The van der Waals surface area contributed by atoms with E-state index in [9.17, 15) is 4.79 Å². The van der Waals surface area contributed by atoms with E-state index < -0.39 is 0 Å². The number of hydrogen-bond acceptors (Lipinski definition) is 3. The molecule has 0 bridgehead atoms. The van der Waals surface area contributed by atoms with Crippen LogP contribution in [0.25, 0.3) is 21.9 Å². The molecule has 2 aromatic carbocycles. The molecule has 0 spiro atoms. The SMILES string of the molecule is CCOc1ccc(CSC)cc1-c1cn(C)c(=O)c2ccc(Cl)cc12. The Kier molecular flexibility index (Phi) is 5.40. The molecule has 0 atom stereocenters. The number of benzene rings is 2. The van der Waals surface area contributed by atoms with Gasteiger partial charge in [-0.05, 0) is 54.5 Å². The molecule has 0 aliphatic rings. The molecule has 1 heterocycles. The largest absolute Gasteiger partial charge is 0.493 e. The van der Waals surface area contributed by atoms with Crippen molar-refractivity contribution in [2.45, 2.75) is 12.7 Å². The van der Waals surface area contributed by atoms with Crippen LogP contribution in [0.1, 0.15) is 12.5 Å². The van der Waals surface area contributed by atoms with Gasteiger partial charge in [0.2, 0.25) is 0 Å². The summed E-state index contributed by atoms with van der Waals surface area (Å²) in [5, 5.41) is 2.11. The molecule has 0 fully saturated rings. The fourth-order valence-corrected chi connectivity index (χ4v) is 3.66. The van der Waals surface area contributed by atoms with Crippen molar-refractivity contribution in [1.82, 2.24) is 4.57 Å². The number of rotatable bonds is 5. The van der Waals surface area contributed by atoms with Gasteiger partial charge >= 0.3 is 0 Å². The van der Waals surface area contributed by atoms with Crippen LogP contribution >= 0.6 is 23.4 Å². The fraction of sp³-hybridized carbons (Fsp3) is 0.250. The molecular formula is C20H20ClNO2S. The zero-order chi connectivity index (χ0) is 18.0. The van der Waals surface area contributed by atoms with Crippen LogP contribution < -0.4 is 10.3 Å². The first-order valence-electron chi connectivity index (χ1n) is 8.09. The van der Waals surface area contributed by atoms with Crippen molar-refractivity contribution >= 4 is 34.1 Å². The summed E-state index contributed by atoms with van der Waals surface area (Å²) in [6.07, 6.45) is 3.94. The number of hydrogen-bond donors (Lipinski definition) is 0. The highest BCUT2D eigenvalue weighted by Gasteiger charge is 2.14. The number of nitrogens with zero attached hydrogens (tertiary/aromatic N) is 1. The zero-order valence-corrected chi connectivity index (χ0v) is 16.1. The van der Waals surface area contributed by atoms with Gasteiger partial charge in [-0.15, -0.1) is 0 Å². The Morgan fingerprint density at radius 3 is 2.64 bits per heavy atom. The van der Waals surface area contributed by atoms with Crippen molar-refractivity contribution < 1.29 is 4.74 Å². The maximum atomic E-state index is 12.5. The normalized spacial score (nSPS) is 11.0. The second kappa shape index (κ2) is 7.54.